The standard InChI is InChI=1S/C13H17NO2S/c1-16-13(15)10-4-6-11(7-5-10)14-12-3-2-8-17-9-12/h4-7,12,14H,2-3,8-9H2,1H3. The van der Waals surface area contributed by atoms with Crippen LogP contribution in [0, 0.1) is 0 Å². The molecule has 1 saturated heterocycles. The molecule has 0 radical (unpaired) electrons. The van der Waals surface area contributed by atoms with E-state index in [1.165, 1.54) is 31.5 Å². The van der Waals surface area contributed by atoms with Crippen LogP contribution in [0.3, 0.4) is 0 Å². The van der Waals surface area contributed by atoms with Gasteiger partial charge in [-0.2, -0.15) is 11.8 Å². The maximum absolute atomic E-state index is 11.3. The molecule has 2 rings (SSSR count). The molecule has 1 N–H and O–H groups in total. The normalized spacial score (nSPS) is 19.7. The summed E-state index contributed by atoms with van der Waals surface area (Å²) in [5.74, 6) is 2.16. The molecule has 0 saturated carbocycles. The van der Waals surface area contributed by atoms with Gasteiger partial charge in [-0.15, -0.1) is 0 Å². The van der Waals surface area contributed by atoms with Crippen molar-refractivity contribution in [2.75, 3.05) is 23.9 Å². The third-order valence-corrected chi connectivity index (χ3v) is 4.05. The van der Waals surface area contributed by atoms with Crippen LogP contribution in [-0.4, -0.2) is 30.6 Å². The van der Waals surface area contributed by atoms with Gasteiger partial charge < -0.3 is 10.1 Å². The summed E-state index contributed by atoms with van der Waals surface area (Å²) in [5, 5.41) is 3.49. The fraction of sp³-hybridized carbons (Fsp3) is 0.462. The molecular weight excluding hydrogens is 234 g/mol. The Morgan fingerprint density at radius 2 is 2.18 bits per heavy atom. The maximum atomic E-state index is 11.3. The monoisotopic (exact) mass is 251 g/mol. The lowest BCUT2D eigenvalue weighted by Gasteiger charge is -2.23. The number of rotatable bonds is 3. The molecule has 0 amide bonds. The Bertz CT molecular complexity index is 372. The lowest BCUT2D eigenvalue weighted by molar-refractivity contribution is 0.0601. The van der Waals surface area contributed by atoms with Crippen molar-refractivity contribution in [3.8, 4) is 0 Å². The predicted molar refractivity (Wildman–Crippen MR) is 71.8 cm³/mol. The van der Waals surface area contributed by atoms with Crippen molar-refractivity contribution in [2.24, 2.45) is 0 Å². The van der Waals surface area contributed by atoms with E-state index in [1.54, 1.807) is 12.1 Å². The number of benzene rings is 1. The molecule has 92 valence electrons. The highest BCUT2D eigenvalue weighted by Gasteiger charge is 2.13. The van der Waals surface area contributed by atoms with Gasteiger partial charge in [-0.05, 0) is 42.9 Å². The summed E-state index contributed by atoms with van der Waals surface area (Å²) in [4.78, 5) is 11.3. The van der Waals surface area contributed by atoms with Crippen molar-refractivity contribution < 1.29 is 9.53 Å². The molecular formula is C13H17NO2S. The van der Waals surface area contributed by atoms with E-state index in [2.05, 4.69) is 10.1 Å². The minimum atomic E-state index is -0.287. The number of hydrogen-bond donors (Lipinski definition) is 1. The SMILES string of the molecule is COC(=O)c1ccc(NC2CCCSC2)cc1. The van der Waals surface area contributed by atoms with Crippen LogP contribution in [0.2, 0.25) is 0 Å². The number of hydrogen-bond acceptors (Lipinski definition) is 4. The lowest BCUT2D eigenvalue weighted by atomic mass is 10.1. The topological polar surface area (TPSA) is 38.3 Å². The van der Waals surface area contributed by atoms with Gasteiger partial charge >= 0.3 is 5.97 Å². The van der Waals surface area contributed by atoms with Crippen molar-refractivity contribution in [1.82, 2.24) is 0 Å². The second-order valence-corrected chi connectivity index (χ2v) is 5.28. The Morgan fingerprint density at radius 3 is 2.76 bits per heavy atom. The average Bonchev–Trinajstić information content (AvgIpc) is 2.40. The number of carbonyl (C=O) groups is 1. The minimum Gasteiger partial charge on any atom is -0.465 e. The van der Waals surface area contributed by atoms with Crippen LogP contribution >= 0.6 is 11.8 Å². The minimum absolute atomic E-state index is 0.287. The number of ether oxygens (including phenoxy) is 1. The van der Waals surface area contributed by atoms with Crippen LogP contribution in [0.25, 0.3) is 0 Å². The molecule has 1 aromatic carbocycles. The van der Waals surface area contributed by atoms with E-state index in [1.807, 2.05) is 23.9 Å². The summed E-state index contributed by atoms with van der Waals surface area (Å²) in [6.07, 6.45) is 2.51. The number of carbonyl (C=O) groups excluding carboxylic acids is 1. The number of anilines is 1. The van der Waals surface area contributed by atoms with Crippen molar-refractivity contribution in [3.63, 3.8) is 0 Å². The second kappa shape index (κ2) is 5.96. The fourth-order valence-electron chi connectivity index (χ4n) is 1.91. The Kier molecular flexibility index (Phi) is 4.31. The molecule has 1 unspecified atom stereocenters. The lowest BCUT2D eigenvalue weighted by Crippen LogP contribution is -2.25. The smallest absolute Gasteiger partial charge is 0.337 e. The number of methoxy groups -OCH3 is 1. The van der Waals surface area contributed by atoms with Gasteiger partial charge in [-0.1, -0.05) is 0 Å². The maximum Gasteiger partial charge on any atom is 0.337 e. The first-order valence-electron chi connectivity index (χ1n) is 5.82. The molecule has 1 heterocycles. The molecule has 0 bridgehead atoms. The van der Waals surface area contributed by atoms with Gasteiger partial charge in [0.15, 0.2) is 0 Å². The molecule has 1 aromatic rings. The van der Waals surface area contributed by atoms with Crippen LogP contribution in [0.5, 0.6) is 0 Å². The van der Waals surface area contributed by atoms with Crippen molar-refractivity contribution in [3.05, 3.63) is 29.8 Å². The van der Waals surface area contributed by atoms with E-state index in [-0.39, 0.29) is 5.97 Å². The molecule has 0 aliphatic carbocycles. The Hall–Kier alpha value is -1.16. The van der Waals surface area contributed by atoms with Gasteiger partial charge in [0, 0.05) is 17.5 Å². The second-order valence-electron chi connectivity index (χ2n) is 4.13. The molecule has 17 heavy (non-hydrogen) atoms. The van der Waals surface area contributed by atoms with Gasteiger partial charge in [-0.3, -0.25) is 0 Å². The zero-order valence-electron chi connectivity index (χ0n) is 9.94. The molecule has 1 aliphatic rings. The highest BCUT2D eigenvalue weighted by atomic mass is 32.2. The Labute approximate surface area is 106 Å². The van der Waals surface area contributed by atoms with Crippen LogP contribution in [0.4, 0.5) is 5.69 Å². The van der Waals surface area contributed by atoms with Gasteiger partial charge in [0.1, 0.15) is 0 Å². The summed E-state index contributed by atoms with van der Waals surface area (Å²) in [6.45, 7) is 0. The number of nitrogens with one attached hydrogen (secondary N) is 1. The summed E-state index contributed by atoms with van der Waals surface area (Å²) in [5.41, 5.74) is 1.67. The quantitative estimate of drug-likeness (QED) is 0.838. The summed E-state index contributed by atoms with van der Waals surface area (Å²) in [7, 11) is 1.40. The highest BCUT2D eigenvalue weighted by Crippen LogP contribution is 2.21. The van der Waals surface area contributed by atoms with E-state index < -0.39 is 0 Å². The van der Waals surface area contributed by atoms with Crippen LogP contribution in [0.15, 0.2) is 24.3 Å². The highest BCUT2D eigenvalue weighted by molar-refractivity contribution is 7.99. The molecule has 0 aromatic heterocycles. The fourth-order valence-corrected chi connectivity index (χ4v) is 2.98. The average molecular weight is 251 g/mol. The predicted octanol–water partition coefficient (Wildman–Crippen LogP) is 2.78. The van der Waals surface area contributed by atoms with Crippen LogP contribution in [0.1, 0.15) is 23.2 Å². The van der Waals surface area contributed by atoms with Crippen LogP contribution < -0.4 is 5.32 Å². The zero-order chi connectivity index (χ0) is 12.1. The van der Waals surface area contributed by atoms with E-state index in [4.69, 9.17) is 0 Å². The van der Waals surface area contributed by atoms with E-state index in [0.717, 1.165) is 5.69 Å². The largest absolute Gasteiger partial charge is 0.465 e. The van der Waals surface area contributed by atoms with Crippen molar-refractivity contribution in [2.45, 2.75) is 18.9 Å². The third-order valence-electron chi connectivity index (χ3n) is 2.84. The van der Waals surface area contributed by atoms with Crippen molar-refractivity contribution >= 4 is 23.4 Å². The Balaban J connectivity index is 1.95. The van der Waals surface area contributed by atoms with E-state index >= 15 is 0 Å². The summed E-state index contributed by atoms with van der Waals surface area (Å²) >= 11 is 2.00. The summed E-state index contributed by atoms with van der Waals surface area (Å²) in [6, 6.07) is 8.02. The first kappa shape index (κ1) is 12.3. The first-order valence-corrected chi connectivity index (χ1v) is 6.98. The van der Waals surface area contributed by atoms with E-state index in [0.29, 0.717) is 11.6 Å². The molecule has 3 nitrogen and oxygen atoms in total. The molecule has 4 heteroatoms. The summed E-state index contributed by atoms with van der Waals surface area (Å²) < 4.78 is 4.66. The van der Waals surface area contributed by atoms with E-state index in [9.17, 15) is 4.79 Å². The zero-order valence-corrected chi connectivity index (χ0v) is 10.8. The third kappa shape index (κ3) is 3.40. The number of esters is 1. The number of thioether (sulfide) groups is 1. The molecule has 1 atom stereocenters. The first-order chi connectivity index (χ1) is 8.29. The molecule has 1 aliphatic heterocycles. The van der Waals surface area contributed by atoms with Gasteiger partial charge in [-0.25, -0.2) is 4.79 Å². The van der Waals surface area contributed by atoms with Gasteiger partial charge in [0.2, 0.25) is 0 Å². The Morgan fingerprint density at radius 1 is 1.41 bits per heavy atom. The molecule has 0 spiro atoms. The molecule has 1 fully saturated rings. The van der Waals surface area contributed by atoms with Gasteiger partial charge in [0.25, 0.3) is 0 Å². The van der Waals surface area contributed by atoms with Crippen LogP contribution in [-0.2, 0) is 4.74 Å². The van der Waals surface area contributed by atoms with Gasteiger partial charge in [0.05, 0.1) is 12.7 Å². The van der Waals surface area contributed by atoms with Crippen molar-refractivity contribution in [1.29, 1.82) is 0 Å².